The van der Waals surface area contributed by atoms with Crippen LogP contribution in [0.4, 0.5) is 11.5 Å². The maximum absolute atomic E-state index is 13.0. The van der Waals surface area contributed by atoms with Gasteiger partial charge in [0.15, 0.2) is 0 Å². The van der Waals surface area contributed by atoms with Gasteiger partial charge in [-0.3, -0.25) is 9.59 Å². The monoisotopic (exact) mass is 358 g/mol. The highest BCUT2D eigenvalue weighted by Gasteiger charge is 2.30. The zero-order chi connectivity index (χ0) is 21.7. The molecule has 1 aromatic carbocycles. The van der Waals surface area contributed by atoms with Crippen molar-refractivity contribution in [3.8, 4) is 0 Å². The normalized spacial score (nSPS) is 25.7. The summed E-state index contributed by atoms with van der Waals surface area (Å²) in [5, 5.41) is 0. The molecule has 7 nitrogen and oxygen atoms in total. The van der Waals surface area contributed by atoms with E-state index in [1.807, 2.05) is 31.2 Å². The summed E-state index contributed by atoms with van der Waals surface area (Å²) >= 11 is 0. The van der Waals surface area contributed by atoms with Gasteiger partial charge in [0.1, 0.15) is 11.6 Å². The zero-order valence-corrected chi connectivity index (χ0v) is 14.4. The average Bonchev–Trinajstić information content (AvgIpc) is 2.99. The first kappa shape index (κ1) is 12.6. The summed E-state index contributed by atoms with van der Waals surface area (Å²) in [4.78, 5) is 34.8. The predicted molar refractivity (Wildman–Crippen MR) is 98.7 cm³/mol. The zero-order valence-electron chi connectivity index (χ0n) is 18.4. The van der Waals surface area contributed by atoms with Crippen LogP contribution in [0.25, 0.3) is 0 Å². The molecule has 1 fully saturated rings. The lowest BCUT2D eigenvalue weighted by atomic mass is 10.1. The second kappa shape index (κ2) is 6.92. The van der Waals surface area contributed by atoms with Crippen molar-refractivity contribution in [2.24, 2.45) is 0 Å². The molecule has 2 aromatic rings. The van der Waals surface area contributed by atoms with Crippen LogP contribution < -0.4 is 15.4 Å². The molecule has 0 radical (unpaired) electrons. The Balaban J connectivity index is 1.62. The third kappa shape index (κ3) is 3.22. The molecule has 3 heterocycles. The summed E-state index contributed by atoms with van der Waals surface area (Å²) in [6.07, 6.45) is 0.580. The molecule has 2 aliphatic rings. The summed E-state index contributed by atoms with van der Waals surface area (Å²) in [5.74, 6) is -0.163. The van der Waals surface area contributed by atoms with Crippen molar-refractivity contribution in [1.82, 2.24) is 9.97 Å². The number of rotatable bonds is 3. The molecule has 0 saturated carbocycles. The number of hydrogen-bond donors (Lipinski definition) is 1. The van der Waals surface area contributed by atoms with Gasteiger partial charge in [0, 0.05) is 30.8 Å². The smallest absolute Gasteiger partial charge is 0.252 e. The molecular weight excluding hydrogens is 332 g/mol. The number of H-pyrrole nitrogens is 1. The Labute approximate surface area is 157 Å². The van der Waals surface area contributed by atoms with E-state index in [-0.39, 0.29) is 43.2 Å². The Morgan fingerprint density at radius 3 is 3.19 bits per heavy atom. The van der Waals surface area contributed by atoms with E-state index in [1.165, 1.54) is 0 Å². The van der Waals surface area contributed by atoms with Crippen molar-refractivity contribution in [2.75, 3.05) is 36.0 Å². The van der Waals surface area contributed by atoms with E-state index in [1.54, 1.807) is 4.90 Å². The summed E-state index contributed by atoms with van der Waals surface area (Å²) in [5.41, 5.74) is 1.38. The van der Waals surface area contributed by atoms with Crippen molar-refractivity contribution >= 4 is 17.4 Å². The molecule has 1 aromatic heterocycles. The molecule has 0 spiro atoms. The largest absolute Gasteiger partial charge is 0.378 e. The number of hydrogen-bond acceptors (Lipinski definition) is 5. The molecule has 0 aliphatic carbocycles. The molecule has 1 amide bonds. The Hall–Kier alpha value is -2.67. The van der Waals surface area contributed by atoms with E-state index in [4.69, 9.17) is 10.2 Å². The summed E-state index contributed by atoms with van der Waals surface area (Å²) < 4.78 is 36.7. The minimum Gasteiger partial charge on any atom is -0.378 e. The van der Waals surface area contributed by atoms with Crippen molar-refractivity contribution < 1.29 is 15.0 Å². The lowest BCUT2D eigenvalue weighted by Gasteiger charge is -2.28. The third-order valence-electron chi connectivity index (χ3n) is 4.52. The third-order valence-corrected chi connectivity index (χ3v) is 4.52. The molecule has 26 heavy (non-hydrogen) atoms. The van der Waals surface area contributed by atoms with E-state index < -0.39 is 18.6 Å². The van der Waals surface area contributed by atoms with E-state index in [9.17, 15) is 9.59 Å². The number of nitrogens with one attached hydrogen (secondary N) is 1. The van der Waals surface area contributed by atoms with Gasteiger partial charge in [-0.05, 0) is 25.0 Å². The van der Waals surface area contributed by atoms with Gasteiger partial charge < -0.3 is 19.5 Å². The van der Waals surface area contributed by atoms with Crippen LogP contribution in [0.5, 0.6) is 0 Å². The minimum absolute atomic E-state index is 0.0207. The number of carbonyl (C=O) groups excluding carboxylic acids is 1. The number of morpholine rings is 1. The lowest BCUT2D eigenvalue weighted by molar-refractivity contribution is -0.118. The SMILES string of the molecule is [2H]C1([2H])OCCN(c2cc(=O)[nH]c(CC(=O)N3c4ccccc4CC3C)n2)C1([2H])[2H]. The van der Waals surface area contributed by atoms with Gasteiger partial charge in [0.2, 0.25) is 5.91 Å². The number of aromatic amines is 1. The second-order valence-electron chi connectivity index (χ2n) is 6.39. The maximum Gasteiger partial charge on any atom is 0.252 e. The number of amides is 1. The first-order valence-corrected chi connectivity index (χ1v) is 8.52. The number of anilines is 2. The summed E-state index contributed by atoms with van der Waals surface area (Å²) in [7, 11) is 0. The van der Waals surface area contributed by atoms with E-state index in [0.717, 1.165) is 28.6 Å². The average molecular weight is 358 g/mol. The van der Waals surface area contributed by atoms with Crippen molar-refractivity contribution in [1.29, 1.82) is 0 Å². The van der Waals surface area contributed by atoms with Gasteiger partial charge in [-0.2, -0.15) is 0 Å². The van der Waals surface area contributed by atoms with Crippen LogP contribution in [0.1, 0.15) is 23.8 Å². The highest BCUT2D eigenvalue weighted by Crippen LogP contribution is 2.32. The highest BCUT2D eigenvalue weighted by atomic mass is 16.5. The molecule has 2 aliphatic heterocycles. The number of para-hydroxylation sites is 1. The van der Waals surface area contributed by atoms with Gasteiger partial charge in [-0.15, -0.1) is 0 Å². The maximum atomic E-state index is 13.0. The second-order valence-corrected chi connectivity index (χ2v) is 6.39. The van der Waals surface area contributed by atoms with Crippen molar-refractivity contribution in [2.45, 2.75) is 25.8 Å². The van der Waals surface area contributed by atoms with Gasteiger partial charge >= 0.3 is 0 Å². The Morgan fingerprint density at radius 1 is 1.46 bits per heavy atom. The number of carbonyl (C=O) groups is 1. The number of nitrogens with zero attached hydrogens (tertiary/aromatic N) is 3. The van der Waals surface area contributed by atoms with Crippen LogP contribution in [0.15, 0.2) is 35.1 Å². The van der Waals surface area contributed by atoms with E-state index in [0.29, 0.717) is 0 Å². The molecule has 1 unspecified atom stereocenters. The van der Waals surface area contributed by atoms with Gasteiger partial charge in [0.05, 0.1) is 25.1 Å². The standard InChI is InChI=1S/C19H22N4O3/c1-13-10-14-4-2-3-5-15(14)23(13)19(25)11-16-20-17(12-18(24)21-16)22-6-8-26-9-7-22/h2-5,12-13H,6-11H2,1H3,(H,20,21,24)/i6D2,8D2. The summed E-state index contributed by atoms with van der Waals surface area (Å²) in [6, 6.07) is 8.73. The number of aromatic nitrogens is 2. The van der Waals surface area contributed by atoms with Gasteiger partial charge in [-0.1, -0.05) is 18.2 Å². The number of benzene rings is 1. The van der Waals surface area contributed by atoms with Crippen LogP contribution in [0.3, 0.4) is 0 Å². The van der Waals surface area contributed by atoms with Gasteiger partial charge in [0.25, 0.3) is 5.56 Å². The fourth-order valence-corrected chi connectivity index (χ4v) is 3.39. The topological polar surface area (TPSA) is 78.5 Å². The van der Waals surface area contributed by atoms with Crippen molar-refractivity contribution in [3.63, 3.8) is 0 Å². The Morgan fingerprint density at radius 2 is 2.31 bits per heavy atom. The van der Waals surface area contributed by atoms with Crippen LogP contribution in [-0.2, 0) is 22.4 Å². The van der Waals surface area contributed by atoms with E-state index in [2.05, 4.69) is 9.97 Å². The minimum atomic E-state index is -2.57. The fraction of sp³-hybridized carbons (Fsp3) is 0.421. The molecule has 1 atom stereocenters. The van der Waals surface area contributed by atoms with Crippen molar-refractivity contribution in [3.05, 3.63) is 52.1 Å². The summed E-state index contributed by atoms with van der Waals surface area (Å²) in [6.45, 7) is -3.19. The lowest BCUT2D eigenvalue weighted by Crippen LogP contribution is -2.39. The van der Waals surface area contributed by atoms with Crippen LogP contribution in [0.2, 0.25) is 0 Å². The van der Waals surface area contributed by atoms with Crippen LogP contribution in [0, 0.1) is 0 Å². The molecule has 1 N–H and O–H groups in total. The van der Waals surface area contributed by atoms with E-state index >= 15 is 0 Å². The fourth-order valence-electron chi connectivity index (χ4n) is 3.39. The first-order chi connectivity index (χ1) is 14.1. The Kier molecular flexibility index (Phi) is 3.36. The molecule has 136 valence electrons. The van der Waals surface area contributed by atoms with Gasteiger partial charge in [-0.25, -0.2) is 4.98 Å². The molecule has 7 heteroatoms. The Bertz CT molecular complexity index is 1040. The molecule has 0 bridgehead atoms. The first-order valence-electron chi connectivity index (χ1n) is 10.5. The molecule has 1 saturated heterocycles. The highest BCUT2D eigenvalue weighted by molar-refractivity contribution is 5.97. The van der Waals surface area contributed by atoms with Crippen LogP contribution >= 0.6 is 0 Å². The number of fused-ring (bicyclic) bond motifs is 1. The number of ether oxygens (including phenoxy) is 1. The predicted octanol–water partition coefficient (Wildman–Crippen LogP) is 1.13. The molecule has 4 rings (SSSR count). The molecular formula is C19H22N4O3. The van der Waals surface area contributed by atoms with Crippen LogP contribution in [-0.4, -0.2) is 48.1 Å². The quantitative estimate of drug-likeness (QED) is 0.890.